The maximum atomic E-state index is 5.82. The van der Waals surface area contributed by atoms with Crippen molar-refractivity contribution in [3.8, 4) is 11.4 Å². The number of nitrogens with two attached hydrogens (primary N) is 1. The average molecular weight is 188 g/mol. The highest BCUT2D eigenvalue weighted by Gasteiger charge is 2.07. The molecule has 2 N–H and O–H groups in total. The van der Waals surface area contributed by atoms with Gasteiger partial charge in [0.25, 0.3) is 0 Å². The SMILES string of the molecule is CCn1ccnc1-c1ccncc1N. The van der Waals surface area contributed by atoms with Crippen LogP contribution in [0.2, 0.25) is 0 Å². The Morgan fingerprint density at radius 3 is 3.00 bits per heavy atom. The summed E-state index contributed by atoms with van der Waals surface area (Å²) in [7, 11) is 0. The first kappa shape index (κ1) is 8.74. The number of pyridine rings is 1. The van der Waals surface area contributed by atoms with E-state index in [0.717, 1.165) is 17.9 Å². The molecule has 0 aliphatic carbocycles. The third kappa shape index (κ3) is 1.35. The highest BCUT2D eigenvalue weighted by Crippen LogP contribution is 2.22. The van der Waals surface area contributed by atoms with Crippen molar-refractivity contribution in [1.29, 1.82) is 0 Å². The van der Waals surface area contributed by atoms with Crippen molar-refractivity contribution in [3.05, 3.63) is 30.9 Å². The molecule has 14 heavy (non-hydrogen) atoms. The predicted octanol–water partition coefficient (Wildman–Crippen LogP) is 1.55. The van der Waals surface area contributed by atoms with Crippen LogP contribution in [0.15, 0.2) is 30.9 Å². The van der Waals surface area contributed by atoms with Crippen molar-refractivity contribution in [1.82, 2.24) is 14.5 Å². The van der Waals surface area contributed by atoms with Gasteiger partial charge in [0.1, 0.15) is 5.82 Å². The molecular weight excluding hydrogens is 176 g/mol. The van der Waals surface area contributed by atoms with Gasteiger partial charge < -0.3 is 10.3 Å². The molecule has 0 fully saturated rings. The van der Waals surface area contributed by atoms with E-state index in [2.05, 4.69) is 16.9 Å². The summed E-state index contributed by atoms with van der Waals surface area (Å²) in [6.07, 6.45) is 7.08. The summed E-state index contributed by atoms with van der Waals surface area (Å²) in [5.41, 5.74) is 7.42. The van der Waals surface area contributed by atoms with E-state index in [0.29, 0.717) is 5.69 Å². The number of imidazole rings is 1. The van der Waals surface area contributed by atoms with E-state index < -0.39 is 0 Å². The Bertz CT molecular complexity index is 433. The zero-order valence-electron chi connectivity index (χ0n) is 8.01. The third-order valence-electron chi connectivity index (χ3n) is 2.15. The summed E-state index contributed by atoms with van der Waals surface area (Å²) < 4.78 is 2.05. The van der Waals surface area contributed by atoms with Crippen LogP contribution in [0.1, 0.15) is 6.92 Å². The Labute approximate surface area is 82.4 Å². The normalized spacial score (nSPS) is 10.4. The van der Waals surface area contributed by atoms with Gasteiger partial charge in [0.2, 0.25) is 0 Å². The zero-order valence-corrected chi connectivity index (χ0v) is 8.01. The highest BCUT2D eigenvalue weighted by atomic mass is 15.1. The summed E-state index contributed by atoms with van der Waals surface area (Å²) in [5.74, 6) is 0.896. The number of hydrogen-bond acceptors (Lipinski definition) is 3. The van der Waals surface area contributed by atoms with Gasteiger partial charge >= 0.3 is 0 Å². The fraction of sp³-hybridized carbons (Fsp3) is 0.200. The Morgan fingerprint density at radius 1 is 1.43 bits per heavy atom. The van der Waals surface area contributed by atoms with Crippen LogP contribution in [-0.2, 0) is 6.54 Å². The molecular formula is C10H12N4. The molecule has 4 heteroatoms. The van der Waals surface area contributed by atoms with E-state index in [9.17, 15) is 0 Å². The van der Waals surface area contributed by atoms with Crippen LogP contribution in [0.5, 0.6) is 0 Å². The van der Waals surface area contributed by atoms with Crippen LogP contribution in [0.25, 0.3) is 11.4 Å². The van der Waals surface area contributed by atoms with Crippen LogP contribution in [0, 0.1) is 0 Å². The molecule has 2 aromatic rings. The maximum absolute atomic E-state index is 5.82. The van der Waals surface area contributed by atoms with Gasteiger partial charge in [0, 0.05) is 30.7 Å². The molecule has 0 bridgehead atoms. The molecule has 0 atom stereocenters. The molecule has 2 aromatic heterocycles. The van der Waals surface area contributed by atoms with Crippen LogP contribution >= 0.6 is 0 Å². The van der Waals surface area contributed by atoms with Gasteiger partial charge in [-0.15, -0.1) is 0 Å². The number of rotatable bonds is 2. The van der Waals surface area contributed by atoms with Crippen molar-refractivity contribution < 1.29 is 0 Å². The van der Waals surface area contributed by atoms with Gasteiger partial charge in [-0.05, 0) is 13.0 Å². The Balaban J connectivity index is 2.54. The summed E-state index contributed by atoms with van der Waals surface area (Å²) in [6, 6.07) is 1.88. The maximum Gasteiger partial charge on any atom is 0.142 e. The van der Waals surface area contributed by atoms with Gasteiger partial charge in [0.15, 0.2) is 0 Å². The number of aromatic nitrogens is 3. The number of anilines is 1. The summed E-state index contributed by atoms with van der Waals surface area (Å²) in [4.78, 5) is 8.22. The lowest BCUT2D eigenvalue weighted by Crippen LogP contribution is -1.99. The van der Waals surface area contributed by atoms with Gasteiger partial charge in [-0.25, -0.2) is 4.98 Å². The molecule has 0 unspecified atom stereocenters. The molecule has 0 saturated heterocycles. The van der Waals surface area contributed by atoms with E-state index >= 15 is 0 Å². The van der Waals surface area contributed by atoms with Gasteiger partial charge in [-0.1, -0.05) is 0 Å². The number of nitrogens with zero attached hydrogens (tertiary/aromatic N) is 3. The highest BCUT2D eigenvalue weighted by molar-refractivity contribution is 5.70. The largest absolute Gasteiger partial charge is 0.397 e. The summed E-state index contributed by atoms with van der Waals surface area (Å²) in [5, 5.41) is 0. The van der Waals surface area contributed by atoms with Crippen LogP contribution in [-0.4, -0.2) is 14.5 Å². The van der Waals surface area contributed by atoms with Crippen LogP contribution in [0.3, 0.4) is 0 Å². The molecule has 0 radical (unpaired) electrons. The minimum atomic E-state index is 0.661. The summed E-state index contributed by atoms with van der Waals surface area (Å²) >= 11 is 0. The van der Waals surface area contributed by atoms with Crippen molar-refractivity contribution in [2.75, 3.05) is 5.73 Å². The standard InChI is InChI=1S/C10H12N4/c1-2-14-6-5-13-10(14)8-3-4-12-7-9(8)11/h3-7H,2,11H2,1H3. The molecule has 72 valence electrons. The lowest BCUT2D eigenvalue weighted by atomic mass is 10.2. The molecule has 0 spiro atoms. The van der Waals surface area contributed by atoms with Crippen molar-refractivity contribution >= 4 is 5.69 Å². The summed E-state index contributed by atoms with van der Waals surface area (Å²) in [6.45, 7) is 2.96. The van der Waals surface area contributed by atoms with E-state index in [1.165, 1.54) is 0 Å². The average Bonchev–Trinajstić information content (AvgIpc) is 2.66. The van der Waals surface area contributed by atoms with E-state index in [4.69, 9.17) is 5.73 Å². The minimum Gasteiger partial charge on any atom is -0.397 e. The molecule has 4 nitrogen and oxygen atoms in total. The first-order chi connectivity index (χ1) is 6.83. The van der Waals surface area contributed by atoms with Gasteiger partial charge in [-0.2, -0.15) is 0 Å². The minimum absolute atomic E-state index is 0.661. The molecule has 0 amide bonds. The Kier molecular flexibility index (Phi) is 2.18. The van der Waals surface area contributed by atoms with Crippen molar-refractivity contribution in [2.24, 2.45) is 0 Å². The molecule has 0 aliphatic rings. The molecule has 0 aliphatic heterocycles. The fourth-order valence-electron chi connectivity index (χ4n) is 1.42. The Morgan fingerprint density at radius 2 is 2.29 bits per heavy atom. The van der Waals surface area contributed by atoms with E-state index in [-0.39, 0.29) is 0 Å². The van der Waals surface area contributed by atoms with Crippen LogP contribution in [0.4, 0.5) is 5.69 Å². The van der Waals surface area contributed by atoms with E-state index in [1.807, 2.05) is 16.8 Å². The molecule has 2 rings (SSSR count). The first-order valence-corrected chi connectivity index (χ1v) is 4.54. The van der Waals surface area contributed by atoms with Gasteiger partial charge in [0.05, 0.1) is 11.9 Å². The number of hydrogen-bond donors (Lipinski definition) is 1. The molecule has 2 heterocycles. The topological polar surface area (TPSA) is 56.7 Å². The zero-order chi connectivity index (χ0) is 9.97. The smallest absolute Gasteiger partial charge is 0.142 e. The second kappa shape index (κ2) is 3.49. The predicted molar refractivity (Wildman–Crippen MR) is 55.5 cm³/mol. The lowest BCUT2D eigenvalue weighted by Gasteiger charge is -2.06. The molecule has 0 aromatic carbocycles. The van der Waals surface area contributed by atoms with Crippen LogP contribution < -0.4 is 5.73 Å². The number of aryl methyl sites for hydroxylation is 1. The number of nitrogen functional groups attached to an aromatic ring is 1. The fourth-order valence-corrected chi connectivity index (χ4v) is 1.42. The van der Waals surface area contributed by atoms with Gasteiger partial charge in [-0.3, -0.25) is 4.98 Å². The monoisotopic (exact) mass is 188 g/mol. The molecule has 0 saturated carbocycles. The van der Waals surface area contributed by atoms with Crippen molar-refractivity contribution in [2.45, 2.75) is 13.5 Å². The first-order valence-electron chi connectivity index (χ1n) is 4.54. The van der Waals surface area contributed by atoms with Crippen molar-refractivity contribution in [3.63, 3.8) is 0 Å². The van der Waals surface area contributed by atoms with E-state index in [1.54, 1.807) is 18.6 Å². The third-order valence-corrected chi connectivity index (χ3v) is 2.15. The quantitative estimate of drug-likeness (QED) is 0.777. The second-order valence-electron chi connectivity index (χ2n) is 3.00. The second-order valence-corrected chi connectivity index (χ2v) is 3.00. The Hall–Kier alpha value is -1.84. The lowest BCUT2D eigenvalue weighted by molar-refractivity contribution is 0.771.